The molecule has 4 N–H and O–H groups in total. The number of ether oxygens (including phenoxy) is 2. The quantitative estimate of drug-likeness (QED) is 0.275. The maximum atomic E-state index is 10.5. The largest absolute Gasteiger partial charge is 0.394 e. The predicted octanol–water partition coefficient (Wildman–Crippen LogP) is 5.77. The molecule has 0 aromatic rings. The van der Waals surface area contributed by atoms with E-state index >= 15 is 0 Å². The molecule has 6 heteroatoms. The van der Waals surface area contributed by atoms with Crippen LogP contribution >= 0.6 is 0 Å². The summed E-state index contributed by atoms with van der Waals surface area (Å²) >= 11 is 0. The molecule has 0 aromatic heterocycles. The van der Waals surface area contributed by atoms with E-state index in [0.29, 0.717) is 11.3 Å². The van der Waals surface area contributed by atoms with Gasteiger partial charge in [0.1, 0.15) is 24.4 Å². The Kier molecular flexibility index (Phi) is 9.51. The maximum Gasteiger partial charge on any atom is 0.186 e. The number of aliphatic hydroxyl groups is 4. The van der Waals surface area contributed by atoms with Crippen LogP contribution in [0.1, 0.15) is 106 Å². The minimum Gasteiger partial charge on any atom is -0.394 e. The number of allylic oxidation sites excluding steroid dienone is 3. The third kappa shape index (κ3) is 5.64. The smallest absolute Gasteiger partial charge is 0.186 e. The van der Waals surface area contributed by atoms with Crippen LogP contribution in [0.15, 0.2) is 23.3 Å². The number of rotatable bonds is 8. The molecule has 1 heterocycles. The number of aliphatic hydroxyl groups excluding tert-OH is 4. The van der Waals surface area contributed by atoms with Crippen LogP contribution in [0.4, 0.5) is 0 Å². The molecule has 1 aliphatic heterocycles. The van der Waals surface area contributed by atoms with Crippen LogP contribution in [0.25, 0.3) is 0 Å². The molecule has 5 aliphatic rings. The predicted molar refractivity (Wildman–Crippen MR) is 161 cm³/mol. The Bertz CT molecular complexity index is 974. The monoisotopic (exact) mass is 574 g/mol. The first kappa shape index (κ1) is 31.7. The molecule has 0 amide bonds. The van der Waals surface area contributed by atoms with Crippen LogP contribution < -0.4 is 0 Å². The van der Waals surface area contributed by atoms with E-state index in [9.17, 15) is 20.4 Å². The van der Waals surface area contributed by atoms with Gasteiger partial charge < -0.3 is 29.9 Å². The Morgan fingerprint density at radius 3 is 2.46 bits per heavy atom. The van der Waals surface area contributed by atoms with E-state index < -0.39 is 37.3 Å². The average molecular weight is 575 g/mol. The normalized spacial score (nSPS) is 47.4. The molecular weight excluding hydrogens is 516 g/mol. The minimum atomic E-state index is -1.40. The van der Waals surface area contributed by atoms with Crippen molar-refractivity contribution in [3.63, 3.8) is 0 Å². The van der Waals surface area contributed by atoms with Crippen molar-refractivity contribution in [2.45, 2.75) is 143 Å². The zero-order chi connectivity index (χ0) is 29.7. The molecule has 0 spiro atoms. The highest BCUT2D eigenvalue weighted by Crippen LogP contribution is 2.67. The van der Waals surface area contributed by atoms with E-state index in [4.69, 9.17) is 9.47 Å². The second kappa shape index (κ2) is 12.3. The highest BCUT2D eigenvalue weighted by molar-refractivity contribution is 5.25. The Morgan fingerprint density at radius 1 is 1.02 bits per heavy atom. The van der Waals surface area contributed by atoms with Gasteiger partial charge in [0, 0.05) is 0 Å². The molecule has 41 heavy (non-hydrogen) atoms. The van der Waals surface area contributed by atoms with Gasteiger partial charge in [-0.15, -0.1) is 0 Å². The fourth-order valence-electron chi connectivity index (χ4n) is 10.5. The van der Waals surface area contributed by atoms with Crippen molar-refractivity contribution >= 4 is 0 Å². The Labute approximate surface area is 248 Å². The molecule has 0 radical (unpaired) electrons. The number of fused-ring (bicyclic) bond motifs is 5. The molecular formula is C35H58O6. The van der Waals surface area contributed by atoms with Crippen molar-refractivity contribution in [2.24, 2.45) is 46.3 Å². The second-order valence-corrected chi connectivity index (χ2v) is 15.2. The van der Waals surface area contributed by atoms with Crippen LogP contribution in [-0.2, 0) is 9.47 Å². The lowest BCUT2D eigenvalue weighted by Crippen LogP contribution is -2.60. The molecule has 234 valence electrons. The van der Waals surface area contributed by atoms with Crippen LogP contribution in [0.2, 0.25) is 0 Å². The topological polar surface area (TPSA) is 99.4 Å². The first-order chi connectivity index (χ1) is 19.4. The summed E-state index contributed by atoms with van der Waals surface area (Å²) in [4.78, 5) is 0. The van der Waals surface area contributed by atoms with Crippen LogP contribution in [0.3, 0.4) is 0 Å². The van der Waals surface area contributed by atoms with Gasteiger partial charge in [-0.25, -0.2) is 0 Å². The third-order valence-corrected chi connectivity index (χ3v) is 13.0. The van der Waals surface area contributed by atoms with Crippen molar-refractivity contribution in [1.82, 2.24) is 0 Å². The average Bonchev–Trinajstić information content (AvgIpc) is 3.30. The molecule has 13 atom stereocenters. The molecule has 5 rings (SSSR count). The van der Waals surface area contributed by atoms with Crippen molar-refractivity contribution in [3.05, 3.63) is 23.3 Å². The summed E-state index contributed by atoms with van der Waals surface area (Å²) in [7, 11) is 0. The van der Waals surface area contributed by atoms with Crippen LogP contribution in [-0.4, -0.2) is 63.8 Å². The highest BCUT2D eigenvalue weighted by atomic mass is 16.7. The third-order valence-electron chi connectivity index (χ3n) is 13.0. The zero-order valence-corrected chi connectivity index (χ0v) is 26.5. The van der Waals surface area contributed by atoms with E-state index in [1.165, 1.54) is 50.5 Å². The van der Waals surface area contributed by atoms with Gasteiger partial charge in [0.05, 0.1) is 12.7 Å². The molecule has 1 saturated heterocycles. The Balaban J connectivity index is 1.24. The summed E-state index contributed by atoms with van der Waals surface area (Å²) in [5, 5.41) is 40.4. The lowest BCUT2D eigenvalue weighted by Gasteiger charge is -2.58. The standard InChI is InChI=1S/C35H58O6/c1-7-22(20(2)3)9-8-21(4)26-12-13-27-25-11-10-23-18-24(14-16-34(23,5)28(25)15-17-35(26,27)6)40-33-32(39)31(38)30(37)29(19-36)41-33/h7,10,20-21,24-33,36-39H,8-9,11-19H2,1-6H3/b22-7+/t21-,24+,25+,26+,27+,28-,29+,30+,31-,32+,33+,34+,35+/m1/s1. The summed E-state index contributed by atoms with van der Waals surface area (Å²) < 4.78 is 11.9. The van der Waals surface area contributed by atoms with Gasteiger partial charge in [-0.3, -0.25) is 0 Å². The van der Waals surface area contributed by atoms with Gasteiger partial charge in [0.15, 0.2) is 6.29 Å². The molecule has 0 aromatic carbocycles. The van der Waals surface area contributed by atoms with E-state index in [2.05, 4.69) is 53.7 Å². The van der Waals surface area contributed by atoms with Crippen LogP contribution in [0, 0.1) is 46.3 Å². The van der Waals surface area contributed by atoms with Crippen molar-refractivity contribution in [3.8, 4) is 0 Å². The lowest BCUT2D eigenvalue weighted by atomic mass is 9.47. The van der Waals surface area contributed by atoms with Gasteiger partial charge >= 0.3 is 0 Å². The zero-order valence-electron chi connectivity index (χ0n) is 26.5. The van der Waals surface area contributed by atoms with Gasteiger partial charge in [-0.1, -0.05) is 57.9 Å². The van der Waals surface area contributed by atoms with Gasteiger partial charge in [0.2, 0.25) is 0 Å². The second-order valence-electron chi connectivity index (χ2n) is 15.2. The molecule has 4 fully saturated rings. The Morgan fingerprint density at radius 2 is 1.78 bits per heavy atom. The van der Waals surface area contributed by atoms with Gasteiger partial charge in [-0.2, -0.15) is 0 Å². The lowest BCUT2D eigenvalue weighted by molar-refractivity contribution is -0.313. The summed E-state index contributed by atoms with van der Waals surface area (Å²) in [5.74, 6) is 4.56. The van der Waals surface area contributed by atoms with Crippen molar-refractivity contribution in [1.29, 1.82) is 0 Å². The Hall–Kier alpha value is -0.760. The summed E-state index contributed by atoms with van der Waals surface area (Å²) in [6, 6.07) is 0. The summed E-state index contributed by atoms with van der Waals surface area (Å²) in [6.45, 7) is 14.1. The molecule has 0 unspecified atom stereocenters. The van der Waals surface area contributed by atoms with E-state index in [1.807, 2.05) is 0 Å². The van der Waals surface area contributed by atoms with Crippen LogP contribution in [0.5, 0.6) is 0 Å². The molecule has 6 nitrogen and oxygen atoms in total. The molecule has 0 bridgehead atoms. The molecule has 3 saturated carbocycles. The fraction of sp³-hybridized carbons (Fsp3) is 0.886. The summed E-state index contributed by atoms with van der Waals surface area (Å²) in [5.41, 5.74) is 3.77. The van der Waals surface area contributed by atoms with E-state index in [0.717, 1.165) is 48.9 Å². The number of hydrogen-bond acceptors (Lipinski definition) is 6. The minimum absolute atomic E-state index is 0.106. The molecule has 4 aliphatic carbocycles. The van der Waals surface area contributed by atoms with Gasteiger partial charge in [-0.05, 0) is 117 Å². The number of hydrogen-bond donors (Lipinski definition) is 4. The van der Waals surface area contributed by atoms with Crippen molar-refractivity contribution < 1.29 is 29.9 Å². The SMILES string of the molecule is C/C=C(\CC[C@@H](C)[C@@H]1CC[C@H]2[C@@H]3CC=C4C[C@@H](O[C@H]5O[C@@H](CO)[C@H](O)[C@@H](O)[C@@H]5O)CC[C@]4(C)[C@@H]3CC[C@]21C)C(C)C. The van der Waals surface area contributed by atoms with E-state index in [1.54, 1.807) is 5.57 Å². The van der Waals surface area contributed by atoms with Gasteiger partial charge in [0.25, 0.3) is 0 Å². The first-order valence-corrected chi connectivity index (χ1v) is 16.7. The van der Waals surface area contributed by atoms with E-state index in [-0.39, 0.29) is 11.5 Å². The highest BCUT2D eigenvalue weighted by Gasteiger charge is 2.59. The van der Waals surface area contributed by atoms with Crippen molar-refractivity contribution in [2.75, 3.05) is 6.61 Å². The first-order valence-electron chi connectivity index (χ1n) is 16.7. The summed E-state index contributed by atoms with van der Waals surface area (Å²) in [6.07, 6.45) is 10.6. The fourth-order valence-corrected chi connectivity index (χ4v) is 10.5. The maximum absolute atomic E-state index is 10.5.